The number of hydrogen-bond donors (Lipinski definition) is 1. The van der Waals surface area contributed by atoms with Crippen molar-refractivity contribution < 1.29 is 0 Å². The zero-order valence-electron chi connectivity index (χ0n) is 24.2. The summed E-state index contributed by atoms with van der Waals surface area (Å²) in [5.41, 5.74) is 12.7. The number of aliphatic imine (C=N–C) groups is 1. The molecule has 0 fully saturated rings. The Kier molecular flexibility index (Phi) is 6.55. The molecule has 8 rings (SSSR count). The summed E-state index contributed by atoms with van der Waals surface area (Å²) in [6, 6.07) is 49.7. The normalized spacial score (nSPS) is 12.2. The maximum atomic E-state index is 4.72. The molecule has 0 saturated heterocycles. The van der Waals surface area contributed by atoms with Crippen molar-refractivity contribution in [3.8, 4) is 22.3 Å². The van der Waals surface area contributed by atoms with Crippen LogP contribution in [0.5, 0.6) is 0 Å². The summed E-state index contributed by atoms with van der Waals surface area (Å²) in [6.45, 7) is 0. The zero-order valence-corrected chi connectivity index (χ0v) is 25.1. The van der Waals surface area contributed by atoms with Gasteiger partial charge in [-0.3, -0.25) is 9.67 Å². The first-order chi connectivity index (χ1) is 21.8. The number of nitrogens with one attached hydrogen (secondary N) is 1. The molecule has 0 saturated carbocycles. The standard InChI is InChI=1S/C40H29N3S/c1-41-36(35-17-10-16-34-33-15-8-9-18-39(33)44-40(34)35)23-24-42-43-37-25-29(27-11-4-2-5-12-27)19-21-31(37)32-22-20-30(26-38(32)43)28-13-6-3-7-14-28/h2-26,42H,1H3/b24-23-,41-36?. The van der Waals surface area contributed by atoms with E-state index in [4.69, 9.17) is 4.99 Å². The topological polar surface area (TPSA) is 29.3 Å². The molecular formula is C40H29N3S. The van der Waals surface area contributed by atoms with Gasteiger partial charge in [0.25, 0.3) is 0 Å². The molecule has 2 heterocycles. The van der Waals surface area contributed by atoms with E-state index in [0.717, 1.165) is 22.3 Å². The first-order valence-corrected chi connectivity index (χ1v) is 15.6. The largest absolute Gasteiger partial charge is 0.301 e. The Balaban J connectivity index is 1.24. The number of hydrogen-bond acceptors (Lipinski definition) is 3. The van der Waals surface area contributed by atoms with Crippen molar-refractivity contribution in [3.05, 3.63) is 157 Å². The molecule has 0 spiro atoms. The van der Waals surface area contributed by atoms with Gasteiger partial charge in [0, 0.05) is 49.8 Å². The Hall–Kier alpha value is -5.45. The van der Waals surface area contributed by atoms with Crippen LogP contribution < -0.4 is 5.43 Å². The van der Waals surface area contributed by atoms with E-state index in [9.17, 15) is 0 Å². The minimum atomic E-state index is 0.936. The molecule has 44 heavy (non-hydrogen) atoms. The highest BCUT2D eigenvalue weighted by molar-refractivity contribution is 7.26. The quantitative estimate of drug-likeness (QED) is 0.194. The van der Waals surface area contributed by atoms with E-state index in [1.165, 1.54) is 53.2 Å². The Morgan fingerprint density at radius 1 is 0.591 bits per heavy atom. The number of rotatable bonds is 6. The minimum absolute atomic E-state index is 0.936. The molecule has 8 aromatic rings. The molecule has 0 aliphatic heterocycles. The van der Waals surface area contributed by atoms with Gasteiger partial charge in [-0.1, -0.05) is 121 Å². The fourth-order valence-corrected chi connectivity index (χ4v) is 7.43. The van der Waals surface area contributed by atoms with Gasteiger partial charge in [-0.05, 0) is 46.5 Å². The number of nitrogens with zero attached hydrogens (tertiary/aromatic N) is 2. The summed E-state index contributed by atoms with van der Waals surface area (Å²) in [5, 5.41) is 4.98. The van der Waals surface area contributed by atoms with Crippen LogP contribution in [0, 0.1) is 0 Å². The van der Waals surface area contributed by atoms with Gasteiger partial charge in [0.05, 0.1) is 16.7 Å². The van der Waals surface area contributed by atoms with Gasteiger partial charge in [0.15, 0.2) is 0 Å². The minimum Gasteiger partial charge on any atom is -0.301 e. The summed E-state index contributed by atoms with van der Waals surface area (Å²) in [5.74, 6) is 0. The van der Waals surface area contributed by atoms with Crippen LogP contribution >= 0.6 is 11.3 Å². The Morgan fingerprint density at radius 3 is 1.82 bits per heavy atom. The van der Waals surface area contributed by atoms with Crippen molar-refractivity contribution in [1.29, 1.82) is 0 Å². The second-order valence-corrected chi connectivity index (χ2v) is 11.9. The summed E-state index contributed by atoms with van der Waals surface area (Å²) >= 11 is 1.83. The van der Waals surface area contributed by atoms with Crippen LogP contribution in [0.25, 0.3) is 64.2 Å². The van der Waals surface area contributed by atoms with Gasteiger partial charge < -0.3 is 5.43 Å². The smallest absolute Gasteiger partial charge is 0.0715 e. The van der Waals surface area contributed by atoms with Crippen LogP contribution in [0.1, 0.15) is 5.56 Å². The van der Waals surface area contributed by atoms with Crippen LogP contribution in [-0.4, -0.2) is 17.4 Å². The van der Waals surface area contributed by atoms with Crippen LogP contribution in [0.2, 0.25) is 0 Å². The van der Waals surface area contributed by atoms with Crippen molar-refractivity contribution in [2.24, 2.45) is 4.99 Å². The number of aromatic nitrogens is 1. The molecule has 0 atom stereocenters. The summed E-state index contributed by atoms with van der Waals surface area (Å²) < 4.78 is 4.75. The highest BCUT2D eigenvalue weighted by Crippen LogP contribution is 2.37. The lowest BCUT2D eigenvalue weighted by Gasteiger charge is -2.10. The maximum Gasteiger partial charge on any atom is 0.0715 e. The highest BCUT2D eigenvalue weighted by atomic mass is 32.1. The van der Waals surface area contributed by atoms with Crippen LogP contribution in [0.3, 0.4) is 0 Å². The van der Waals surface area contributed by atoms with Crippen molar-refractivity contribution in [2.45, 2.75) is 0 Å². The second-order valence-electron chi connectivity index (χ2n) is 10.9. The van der Waals surface area contributed by atoms with Gasteiger partial charge in [-0.15, -0.1) is 11.3 Å². The van der Waals surface area contributed by atoms with E-state index in [1.807, 2.05) is 24.6 Å². The van der Waals surface area contributed by atoms with Crippen molar-refractivity contribution in [1.82, 2.24) is 4.68 Å². The van der Waals surface area contributed by atoms with Crippen molar-refractivity contribution in [2.75, 3.05) is 12.5 Å². The molecule has 0 unspecified atom stereocenters. The first-order valence-electron chi connectivity index (χ1n) is 14.8. The van der Waals surface area contributed by atoms with Crippen LogP contribution in [-0.2, 0) is 0 Å². The van der Waals surface area contributed by atoms with Crippen LogP contribution in [0.4, 0.5) is 0 Å². The third-order valence-electron chi connectivity index (χ3n) is 8.35. The number of allylic oxidation sites excluding steroid dienone is 1. The Bertz CT molecular complexity index is 2260. The fourth-order valence-electron chi connectivity index (χ4n) is 6.20. The van der Waals surface area contributed by atoms with Crippen molar-refractivity contribution >= 4 is 59.0 Å². The molecule has 0 aliphatic carbocycles. The van der Waals surface area contributed by atoms with E-state index >= 15 is 0 Å². The van der Waals surface area contributed by atoms with E-state index in [-0.39, 0.29) is 0 Å². The monoisotopic (exact) mass is 583 g/mol. The number of thiophene rings is 1. The van der Waals surface area contributed by atoms with Crippen LogP contribution in [0.15, 0.2) is 157 Å². The predicted octanol–water partition coefficient (Wildman–Crippen LogP) is 10.7. The van der Waals surface area contributed by atoms with Gasteiger partial charge in [0.1, 0.15) is 0 Å². The molecule has 2 aromatic heterocycles. The lowest BCUT2D eigenvalue weighted by molar-refractivity contribution is 1.05. The molecule has 210 valence electrons. The molecule has 0 radical (unpaired) electrons. The molecule has 6 aromatic carbocycles. The molecule has 4 heteroatoms. The van der Waals surface area contributed by atoms with Gasteiger partial charge >= 0.3 is 0 Å². The van der Waals surface area contributed by atoms with Crippen molar-refractivity contribution in [3.63, 3.8) is 0 Å². The fraction of sp³-hybridized carbons (Fsp3) is 0.0250. The lowest BCUT2D eigenvalue weighted by Crippen LogP contribution is -2.08. The predicted molar refractivity (Wildman–Crippen MR) is 191 cm³/mol. The summed E-state index contributed by atoms with van der Waals surface area (Å²) in [6.07, 6.45) is 4.09. The maximum absolute atomic E-state index is 4.72. The molecule has 0 amide bonds. The molecule has 3 nitrogen and oxygen atoms in total. The molecule has 0 bridgehead atoms. The third-order valence-corrected chi connectivity index (χ3v) is 9.57. The highest BCUT2D eigenvalue weighted by Gasteiger charge is 2.14. The average molecular weight is 584 g/mol. The number of benzene rings is 6. The lowest BCUT2D eigenvalue weighted by atomic mass is 10.0. The second kappa shape index (κ2) is 11.0. The molecule has 0 aliphatic rings. The van der Waals surface area contributed by atoms with Gasteiger partial charge in [-0.2, -0.15) is 0 Å². The first kappa shape index (κ1) is 26.2. The van der Waals surface area contributed by atoms with E-state index < -0.39 is 0 Å². The summed E-state index contributed by atoms with van der Waals surface area (Å²) in [7, 11) is 1.87. The summed E-state index contributed by atoms with van der Waals surface area (Å²) in [4.78, 5) is 4.72. The SMILES string of the molecule is CN=C(/C=C\Nn1c2cc(-c3ccccc3)ccc2c2ccc(-c3ccccc3)cc21)c1cccc2c1sc1ccccc12. The number of fused-ring (bicyclic) bond motifs is 6. The molecular weight excluding hydrogens is 555 g/mol. The van der Waals surface area contributed by atoms with E-state index in [0.29, 0.717) is 0 Å². The van der Waals surface area contributed by atoms with Gasteiger partial charge in [0.2, 0.25) is 0 Å². The van der Waals surface area contributed by atoms with Gasteiger partial charge in [-0.25, -0.2) is 0 Å². The van der Waals surface area contributed by atoms with E-state index in [1.54, 1.807) is 0 Å². The Morgan fingerprint density at radius 2 is 1.18 bits per heavy atom. The Labute approximate surface area is 260 Å². The third kappa shape index (κ3) is 4.48. The average Bonchev–Trinajstić information content (AvgIpc) is 3.62. The zero-order chi connectivity index (χ0) is 29.5. The van der Waals surface area contributed by atoms with E-state index in [2.05, 4.69) is 156 Å². The molecule has 1 N–H and O–H groups in total.